The van der Waals surface area contributed by atoms with Crippen molar-refractivity contribution in [3.8, 4) is 5.75 Å². The van der Waals surface area contributed by atoms with Crippen LogP contribution in [0.2, 0.25) is 0 Å². The molecule has 0 unspecified atom stereocenters. The summed E-state index contributed by atoms with van der Waals surface area (Å²) in [6.45, 7) is 6.38. The molecule has 0 aliphatic rings. The average Bonchev–Trinajstić information content (AvgIpc) is 2.48. The lowest BCUT2D eigenvalue weighted by Crippen LogP contribution is -2.10. The molecule has 0 bridgehead atoms. The smallest absolute Gasteiger partial charge is 0.125 e. The van der Waals surface area contributed by atoms with Gasteiger partial charge in [0.2, 0.25) is 0 Å². The number of hydrogen-bond donors (Lipinski definition) is 1. The van der Waals surface area contributed by atoms with Crippen LogP contribution < -0.4 is 10.1 Å². The Balaban J connectivity index is 2.16. The van der Waals surface area contributed by atoms with Crippen LogP contribution in [0.4, 0.5) is 10.1 Å². The van der Waals surface area contributed by atoms with Gasteiger partial charge in [0.05, 0.1) is 4.99 Å². The van der Waals surface area contributed by atoms with E-state index in [2.05, 4.69) is 11.4 Å². The molecule has 1 N–H and O–H groups in total. The number of thiocarbonyl (C=S) groups is 1. The molecule has 0 aromatic heterocycles. The zero-order valence-corrected chi connectivity index (χ0v) is 13.9. The Labute approximate surface area is 136 Å². The van der Waals surface area contributed by atoms with Gasteiger partial charge in [0.15, 0.2) is 0 Å². The molecular weight excluding hydrogens is 297 g/mol. The Morgan fingerprint density at radius 2 is 1.95 bits per heavy atom. The number of benzene rings is 2. The van der Waals surface area contributed by atoms with E-state index < -0.39 is 0 Å². The summed E-state index contributed by atoms with van der Waals surface area (Å²) in [7, 11) is 0. The average molecular weight is 317 g/mol. The van der Waals surface area contributed by atoms with Crippen LogP contribution in [0.25, 0.3) is 0 Å². The molecule has 0 saturated carbocycles. The first-order valence-corrected chi connectivity index (χ1v) is 7.68. The first-order chi connectivity index (χ1) is 10.5. The number of aryl methyl sites for hydroxylation is 2. The molecule has 0 radical (unpaired) electrons. The SMILES string of the molecule is CCC(=S)Nc1cc(F)ccc1COc1ccc(C)cc1C. The van der Waals surface area contributed by atoms with Crippen molar-refractivity contribution in [2.75, 3.05) is 5.32 Å². The third-order valence-electron chi connectivity index (χ3n) is 3.38. The highest BCUT2D eigenvalue weighted by molar-refractivity contribution is 7.80. The van der Waals surface area contributed by atoms with E-state index in [-0.39, 0.29) is 5.82 Å². The molecule has 0 amide bonds. The van der Waals surface area contributed by atoms with Gasteiger partial charge in [0.1, 0.15) is 18.2 Å². The van der Waals surface area contributed by atoms with E-state index in [0.29, 0.717) is 23.7 Å². The minimum Gasteiger partial charge on any atom is -0.489 e. The predicted molar refractivity (Wildman–Crippen MR) is 93.2 cm³/mol. The molecule has 0 heterocycles. The minimum atomic E-state index is -0.295. The summed E-state index contributed by atoms with van der Waals surface area (Å²) in [4.78, 5) is 0.679. The van der Waals surface area contributed by atoms with Gasteiger partial charge in [0.25, 0.3) is 0 Å². The van der Waals surface area contributed by atoms with Gasteiger partial charge in [-0.25, -0.2) is 4.39 Å². The van der Waals surface area contributed by atoms with Gasteiger partial charge in [-0.15, -0.1) is 0 Å². The molecule has 0 fully saturated rings. The lowest BCUT2D eigenvalue weighted by Gasteiger charge is -2.14. The van der Waals surface area contributed by atoms with Crippen LogP contribution in [0.5, 0.6) is 5.75 Å². The summed E-state index contributed by atoms with van der Waals surface area (Å²) < 4.78 is 19.3. The van der Waals surface area contributed by atoms with Crippen LogP contribution in [0.3, 0.4) is 0 Å². The highest BCUT2D eigenvalue weighted by Crippen LogP contribution is 2.23. The molecule has 0 aliphatic carbocycles. The number of anilines is 1. The second-order valence-electron chi connectivity index (χ2n) is 5.26. The van der Waals surface area contributed by atoms with Crippen molar-refractivity contribution < 1.29 is 9.13 Å². The van der Waals surface area contributed by atoms with Crippen molar-refractivity contribution in [3.05, 3.63) is 58.9 Å². The minimum absolute atomic E-state index is 0.295. The molecular formula is C18H20FNOS. The van der Waals surface area contributed by atoms with Crippen molar-refractivity contribution in [2.45, 2.75) is 33.8 Å². The van der Waals surface area contributed by atoms with Gasteiger partial charge >= 0.3 is 0 Å². The highest BCUT2D eigenvalue weighted by atomic mass is 32.1. The highest BCUT2D eigenvalue weighted by Gasteiger charge is 2.08. The van der Waals surface area contributed by atoms with E-state index >= 15 is 0 Å². The normalized spacial score (nSPS) is 10.4. The van der Waals surface area contributed by atoms with Crippen LogP contribution in [0.15, 0.2) is 36.4 Å². The van der Waals surface area contributed by atoms with Crippen molar-refractivity contribution in [1.29, 1.82) is 0 Å². The molecule has 2 aromatic carbocycles. The molecule has 22 heavy (non-hydrogen) atoms. The second kappa shape index (κ2) is 7.36. The Hall–Kier alpha value is -1.94. The zero-order valence-electron chi connectivity index (χ0n) is 13.1. The summed E-state index contributed by atoms with van der Waals surface area (Å²) in [6.07, 6.45) is 0.712. The molecule has 116 valence electrons. The lowest BCUT2D eigenvalue weighted by atomic mass is 10.1. The van der Waals surface area contributed by atoms with E-state index in [1.54, 1.807) is 6.07 Å². The van der Waals surface area contributed by atoms with Crippen molar-refractivity contribution in [3.63, 3.8) is 0 Å². The lowest BCUT2D eigenvalue weighted by molar-refractivity contribution is 0.304. The number of hydrogen-bond acceptors (Lipinski definition) is 2. The fourth-order valence-corrected chi connectivity index (χ4v) is 2.26. The van der Waals surface area contributed by atoms with Gasteiger partial charge in [0, 0.05) is 11.3 Å². The summed E-state index contributed by atoms with van der Waals surface area (Å²) >= 11 is 5.18. The zero-order chi connectivity index (χ0) is 16.1. The Morgan fingerprint density at radius 3 is 2.64 bits per heavy atom. The predicted octanol–water partition coefficient (Wildman–Crippen LogP) is 5.17. The maximum atomic E-state index is 13.4. The summed E-state index contributed by atoms with van der Waals surface area (Å²) in [6, 6.07) is 10.6. The fraction of sp³-hybridized carbons (Fsp3) is 0.278. The molecule has 0 atom stereocenters. The fourth-order valence-electron chi connectivity index (χ4n) is 2.15. The molecule has 2 rings (SSSR count). The topological polar surface area (TPSA) is 21.3 Å². The van der Waals surface area contributed by atoms with Gasteiger partial charge < -0.3 is 10.1 Å². The molecule has 2 nitrogen and oxygen atoms in total. The van der Waals surface area contributed by atoms with Crippen molar-refractivity contribution >= 4 is 22.9 Å². The molecule has 0 aliphatic heterocycles. The van der Waals surface area contributed by atoms with Crippen molar-refractivity contribution in [2.24, 2.45) is 0 Å². The van der Waals surface area contributed by atoms with Gasteiger partial charge in [-0.1, -0.05) is 42.9 Å². The van der Waals surface area contributed by atoms with Gasteiger partial charge in [-0.05, 0) is 44.0 Å². The monoisotopic (exact) mass is 317 g/mol. The maximum absolute atomic E-state index is 13.4. The van der Waals surface area contributed by atoms with E-state index in [1.165, 1.54) is 17.7 Å². The standard InChI is InChI=1S/C18H20FNOS/c1-4-18(22)20-16-10-15(19)7-6-14(16)11-21-17-8-5-12(2)9-13(17)3/h5-10H,4,11H2,1-3H3,(H,20,22). The third-order valence-corrected chi connectivity index (χ3v) is 3.77. The number of nitrogens with one attached hydrogen (secondary N) is 1. The Morgan fingerprint density at radius 1 is 1.18 bits per heavy atom. The van der Waals surface area contributed by atoms with Crippen LogP contribution in [-0.4, -0.2) is 4.99 Å². The van der Waals surface area contributed by atoms with E-state index in [0.717, 1.165) is 16.9 Å². The van der Waals surface area contributed by atoms with E-state index in [9.17, 15) is 4.39 Å². The van der Waals surface area contributed by atoms with Crippen molar-refractivity contribution in [1.82, 2.24) is 0 Å². The van der Waals surface area contributed by atoms with Crippen LogP contribution >= 0.6 is 12.2 Å². The second-order valence-corrected chi connectivity index (χ2v) is 5.75. The molecule has 4 heteroatoms. The largest absolute Gasteiger partial charge is 0.489 e. The Bertz CT molecular complexity index is 685. The van der Waals surface area contributed by atoms with Crippen LogP contribution in [0.1, 0.15) is 30.0 Å². The van der Waals surface area contributed by atoms with Gasteiger partial charge in [-0.3, -0.25) is 0 Å². The third kappa shape index (κ3) is 4.28. The first kappa shape index (κ1) is 16.4. The van der Waals surface area contributed by atoms with Crippen LogP contribution in [-0.2, 0) is 6.61 Å². The summed E-state index contributed by atoms with van der Waals surface area (Å²) in [5, 5.41) is 3.07. The van der Waals surface area contributed by atoms with Gasteiger partial charge in [-0.2, -0.15) is 0 Å². The first-order valence-electron chi connectivity index (χ1n) is 7.28. The maximum Gasteiger partial charge on any atom is 0.125 e. The number of ether oxygens (including phenoxy) is 1. The molecule has 0 saturated heterocycles. The molecule has 2 aromatic rings. The Kier molecular flexibility index (Phi) is 5.50. The van der Waals surface area contributed by atoms with E-state index in [4.69, 9.17) is 17.0 Å². The van der Waals surface area contributed by atoms with Crippen LogP contribution in [0, 0.1) is 19.7 Å². The number of rotatable bonds is 5. The number of halogens is 1. The summed E-state index contributed by atoms with van der Waals surface area (Å²) in [5.41, 5.74) is 3.82. The van der Waals surface area contributed by atoms with E-state index in [1.807, 2.05) is 32.9 Å². The molecule has 0 spiro atoms. The summed E-state index contributed by atoms with van der Waals surface area (Å²) in [5.74, 6) is 0.538. The quantitative estimate of drug-likeness (QED) is 0.769.